The highest BCUT2D eigenvalue weighted by molar-refractivity contribution is 6.31. The van der Waals surface area contributed by atoms with E-state index < -0.39 is 5.97 Å². The van der Waals surface area contributed by atoms with Crippen molar-refractivity contribution in [1.82, 2.24) is 9.78 Å². The van der Waals surface area contributed by atoms with Crippen molar-refractivity contribution in [2.45, 2.75) is 0 Å². The fourth-order valence-electron chi connectivity index (χ4n) is 2.69. The average molecular weight is 384 g/mol. The smallest absolute Gasteiger partial charge is 0.356 e. The number of nitrogens with zero attached hydrogens (tertiary/aromatic N) is 3. The summed E-state index contributed by atoms with van der Waals surface area (Å²) in [6.07, 6.45) is 0. The third-order valence-electron chi connectivity index (χ3n) is 3.93. The molecular formula is C19H14ClN3O4. The summed E-state index contributed by atoms with van der Waals surface area (Å²) in [5.41, 5.74) is 1.64. The molecule has 3 aromatic rings. The van der Waals surface area contributed by atoms with Gasteiger partial charge in [0, 0.05) is 0 Å². The topological polar surface area (TPSA) is 97.4 Å². The second kappa shape index (κ2) is 7.40. The van der Waals surface area contributed by atoms with Gasteiger partial charge in [0.05, 0.1) is 41.8 Å². The van der Waals surface area contributed by atoms with Crippen LogP contribution in [0.2, 0.25) is 5.02 Å². The van der Waals surface area contributed by atoms with Crippen molar-refractivity contribution < 1.29 is 19.4 Å². The molecule has 0 aliphatic heterocycles. The van der Waals surface area contributed by atoms with E-state index in [-0.39, 0.29) is 10.7 Å². The number of carboxylic acids is 1. The average Bonchev–Trinajstić information content (AvgIpc) is 3.12. The van der Waals surface area contributed by atoms with E-state index in [2.05, 4.69) is 5.10 Å². The Morgan fingerprint density at radius 2 is 1.85 bits per heavy atom. The third kappa shape index (κ3) is 3.30. The normalized spacial score (nSPS) is 10.3. The zero-order valence-corrected chi connectivity index (χ0v) is 15.2. The number of carboxylic acid groups (broad SMARTS) is 1. The van der Waals surface area contributed by atoms with Gasteiger partial charge in [0.2, 0.25) is 0 Å². The van der Waals surface area contributed by atoms with Gasteiger partial charge in [0.1, 0.15) is 17.6 Å². The largest absolute Gasteiger partial charge is 0.496 e. The molecule has 0 fully saturated rings. The molecule has 27 heavy (non-hydrogen) atoms. The van der Waals surface area contributed by atoms with E-state index in [9.17, 15) is 9.90 Å². The maximum atomic E-state index is 11.5. The van der Waals surface area contributed by atoms with Crippen LogP contribution in [0.4, 0.5) is 0 Å². The van der Waals surface area contributed by atoms with Crippen LogP contribution < -0.4 is 9.47 Å². The fraction of sp³-hybridized carbons (Fsp3) is 0.105. The number of methoxy groups -OCH3 is 2. The Kier molecular flexibility index (Phi) is 5.01. The van der Waals surface area contributed by atoms with Gasteiger partial charge < -0.3 is 14.6 Å². The number of carbonyl (C=O) groups is 1. The minimum atomic E-state index is -1.18. The van der Waals surface area contributed by atoms with Gasteiger partial charge in [-0.05, 0) is 36.4 Å². The molecule has 2 aromatic carbocycles. The number of aromatic nitrogens is 2. The first-order valence-electron chi connectivity index (χ1n) is 7.75. The van der Waals surface area contributed by atoms with Crippen LogP contribution in [-0.4, -0.2) is 35.1 Å². The standard InChI is InChI=1S/C19H14ClN3O4/c1-26-16-4-3-5-17(27-2)18(16)15-9-14(19(24)25)22-23(15)12-7-6-11(10-21)13(20)8-12/h3-9H,1-2H3,(H,24,25). The van der Waals surface area contributed by atoms with E-state index >= 15 is 0 Å². The van der Waals surface area contributed by atoms with Crippen LogP contribution >= 0.6 is 11.6 Å². The number of benzene rings is 2. The zero-order valence-electron chi connectivity index (χ0n) is 14.4. The Bertz CT molecular complexity index is 1050. The molecule has 0 saturated carbocycles. The van der Waals surface area contributed by atoms with Crippen molar-refractivity contribution in [2.24, 2.45) is 0 Å². The highest BCUT2D eigenvalue weighted by Gasteiger charge is 2.22. The molecule has 0 spiro atoms. The molecule has 8 heteroatoms. The van der Waals surface area contributed by atoms with Gasteiger partial charge in [-0.3, -0.25) is 0 Å². The van der Waals surface area contributed by atoms with Gasteiger partial charge in [-0.1, -0.05) is 17.7 Å². The number of rotatable bonds is 5. The Balaban J connectivity index is 2.31. The Morgan fingerprint density at radius 3 is 2.37 bits per heavy atom. The van der Waals surface area contributed by atoms with Crippen LogP contribution in [0.25, 0.3) is 16.9 Å². The SMILES string of the molecule is COc1cccc(OC)c1-c1cc(C(=O)O)nn1-c1ccc(C#N)c(Cl)c1. The monoisotopic (exact) mass is 383 g/mol. The second-order valence-corrected chi connectivity index (χ2v) is 5.85. The minimum absolute atomic E-state index is 0.154. The van der Waals surface area contributed by atoms with E-state index in [1.54, 1.807) is 36.4 Å². The molecule has 0 amide bonds. The summed E-state index contributed by atoms with van der Waals surface area (Å²) >= 11 is 6.13. The van der Waals surface area contributed by atoms with E-state index in [1.807, 2.05) is 6.07 Å². The first kappa shape index (κ1) is 18.3. The molecule has 1 N–H and O–H groups in total. The maximum Gasteiger partial charge on any atom is 0.356 e. The van der Waals surface area contributed by atoms with Crippen LogP contribution in [0, 0.1) is 11.3 Å². The molecule has 3 rings (SSSR count). The molecule has 0 radical (unpaired) electrons. The summed E-state index contributed by atoms with van der Waals surface area (Å²) in [7, 11) is 3.02. The van der Waals surface area contributed by atoms with E-state index in [0.717, 1.165) is 0 Å². The summed E-state index contributed by atoms with van der Waals surface area (Å²) in [5.74, 6) is -0.192. The van der Waals surface area contributed by atoms with Crippen LogP contribution in [0.15, 0.2) is 42.5 Å². The van der Waals surface area contributed by atoms with Crippen LogP contribution in [0.3, 0.4) is 0 Å². The van der Waals surface area contributed by atoms with Crippen molar-refractivity contribution in [1.29, 1.82) is 5.26 Å². The van der Waals surface area contributed by atoms with Crippen molar-refractivity contribution in [2.75, 3.05) is 14.2 Å². The highest BCUT2D eigenvalue weighted by Crippen LogP contribution is 2.39. The molecule has 0 aliphatic carbocycles. The lowest BCUT2D eigenvalue weighted by molar-refractivity contribution is 0.0690. The molecule has 1 aromatic heterocycles. The number of hydrogen-bond donors (Lipinski definition) is 1. The first-order valence-corrected chi connectivity index (χ1v) is 8.12. The fourth-order valence-corrected chi connectivity index (χ4v) is 2.91. The molecule has 0 aliphatic rings. The summed E-state index contributed by atoms with van der Waals surface area (Å²) in [5, 5.41) is 22.9. The zero-order chi connectivity index (χ0) is 19.6. The number of hydrogen-bond acceptors (Lipinski definition) is 5. The molecule has 0 unspecified atom stereocenters. The van der Waals surface area contributed by atoms with Gasteiger partial charge in [-0.2, -0.15) is 10.4 Å². The van der Waals surface area contributed by atoms with Gasteiger partial charge in [0.25, 0.3) is 0 Å². The van der Waals surface area contributed by atoms with Crippen molar-refractivity contribution in [3.05, 3.63) is 58.7 Å². The van der Waals surface area contributed by atoms with Gasteiger partial charge in [-0.15, -0.1) is 0 Å². The highest BCUT2D eigenvalue weighted by atomic mass is 35.5. The van der Waals surface area contributed by atoms with Crippen molar-refractivity contribution in [3.8, 4) is 34.5 Å². The molecule has 0 saturated heterocycles. The van der Waals surface area contributed by atoms with Gasteiger partial charge in [-0.25, -0.2) is 9.48 Å². The number of nitriles is 1. The van der Waals surface area contributed by atoms with E-state index in [0.29, 0.717) is 34.0 Å². The number of ether oxygens (including phenoxy) is 2. The minimum Gasteiger partial charge on any atom is -0.496 e. The number of aromatic carboxylic acids is 1. The van der Waals surface area contributed by atoms with Crippen LogP contribution in [0.1, 0.15) is 16.1 Å². The lowest BCUT2D eigenvalue weighted by atomic mass is 10.1. The molecular weight excluding hydrogens is 370 g/mol. The predicted octanol–water partition coefficient (Wildman–Crippen LogP) is 3.78. The lowest BCUT2D eigenvalue weighted by Gasteiger charge is -2.15. The third-order valence-corrected chi connectivity index (χ3v) is 4.24. The molecule has 0 atom stereocenters. The summed E-state index contributed by atoms with van der Waals surface area (Å²) in [6.45, 7) is 0. The Hall–Kier alpha value is -3.50. The Labute approximate surface area is 159 Å². The molecule has 0 bridgehead atoms. The van der Waals surface area contributed by atoms with Crippen molar-refractivity contribution in [3.63, 3.8) is 0 Å². The molecule has 7 nitrogen and oxygen atoms in total. The maximum absolute atomic E-state index is 11.5. The molecule has 1 heterocycles. The van der Waals surface area contributed by atoms with Gasteiger partial charge in [0.15, 0.2) is 5.69 Å². The first-order chi connectivity index (χ1) is 13.0. The second-order valence-electron chi connectivity index (χ2n) is 5.45. The summed E-state index contributed by atoms with van der Waals surface area (Å²) in [6, 6.07) is 13.4. The van der Waals surface area contributed by atoms with E-state index in [4.69, 9.17) is 26.3 Å². The lowest BCUT2D eigenvalue weighted by Crippen LogP contribution is -2.03. The van der Waals surface area contributed by atoms with Crippen LogP contribution in [-0.2, 0) is 0 Å². The van der Waals surface area contributed by atoms with Gasteiger partial charge >= 0.3 is 5.97 Å². The summed E-state index contributed by atoms with van der Waals surface area (Å²) < 4.78 is 12.3. The number of halogens is 1. The predicted molar refractivity (Wildman–Crippen MR) is 98.8 cm³/mol. The summed E-state index contributed by atoms with van der Waals surface area (Å²) in [4.78, 5) is 11.5. The van der Waals surface area contributed by atoms with Crippen LogP contribution in [0.5, 0.6) is 11.5 Å². The molecule has 136 valence electrons. The van der Waals surface area contributed by atoms with E-state index in [1.165, 1.54) is 25.0 Å². The Morgan fingerprint density at radius 1 is 1.19 bits per heavy atom. The quantitative estimate of drug-likeness (QED) is 0.720. The van der Waals surface area contributed by atoms with Crippen molar-refractivity contribution >= 4 is 17.6 Å².